The summed E-state index contributed by atoms with van der Waals surface area (Å²) in [6.07, 6.45) is 2.44. The highest BCUT2D eigenvalue weighted by Crippen LogP contribution is 2.65. The van der Waals surface area contributed by atoms with E-state index in [-0.39, 0.29) is 24.0 Å². The average molecular weight is 659 g/mol. The molecule has 8 rings (SSSR count). The van der Waals surface area contributed by atoms with E-state index in [9.17, 15) is 19.5 Å². The van der Waals surface area contributed by atoms with Crippen molar-refractivity contribution in [2.45, 2.75) is 30.8 Å². The van der Waals surface area contributed by atoms with Gasteiger partial charge in [0.05, 0.1) is 28.9 Å². The van der Waals surface area contributed by atoms with Gasteiger partial charge in [0.2, 0.25) is 23.6 Å². The van der Waals surface area contributed by atoms with Gasteiger partial charge in [0, 0.05) is 22.6 Å². The van der Waals surface area contributed by atoms with Crippen LogP contribution in [0.15, 0.2) is 115 Å². The number of phenols is 1. The molecule has 8 nitrogen and oxygen atoms in total. The minimum absolute atomic E-state index is 0.100. The molecule has 0 radical (unpaired) electrons. The second-order valence-corrected chi connectivity index (χ2v) is 13.4. The zero-order valence-corrected chi connectivity index (χ0v) is 26.5. The number of allylic oxidation sites excluding steroid dienone is 2. The Morgan fingerprint density at radius 3 is 2.33 bits per heavy atom. The molecule has 0 aromatic heterocycles. The Morgan fingerprint density at radius 1 is 0.854 bits per heavy atom. The predicted molar refractivity (Wildman–Crippen MR) is 178 cm³/mol. The number of aromatic hydroxyl groups is 1. The maximum Gasteiger partial charge on any atom is 0.246 e. The van der Waals surface area contributed by atoms with Gasteiger partial charge in [0.1, 0.15) is 18.1 Å². The number of phenolic OH excluding ortho intramolecular Hbond substituents is 1. The summed E-state index contributed by atoms with van der Waals surface area (Å²) in [5, 5.41) is 14.7. The summed E-state index contributed by atoms with van der Waals surface area (Å²) in [5.74, 6) is -4.71. The third kappa shape index (κ3) is 4.50. The standard InChI is InChI=1S/C39H31ClN2O6/c40-24-12-7-13-25(18-24)42-37(46)31-20-30-27(16-17-29-33(30)36(45)41-35(29)44)34(39(31,38(42)47)23-10-5-2-6-11-23)28-15-14-26(19-32(28)43)48-21-22-8-3-1-4-9-22/h1-16,18-19,29-31,33-34,43H,17,20-21H2,(H,41,44,45). The van der Waals surface area contributed by atoms with Crippen LogP contribution in [0.2, 0.25) is 5.02 Å². The van der Waals surface area contributed by atoms with E-state index in [0.717, 1.165) is 11.1 Å². The summed E-state index contributed by atoms with van der Waals surface area (Å²) >= 11 is 6.36. The minimum Gasteiger partial charge on any atom is -0.508 e. The Hall–Kier alpha value is -5.21. The van der Waals surface area contributed by atoms with Crippen LogP contribution in [0, 0.1) is 23.7 Å². The lowest BCUT2D eigenvalue weighted by molar-refractivity contribution is -0.128. The predicted octanol–water partition coefficient (Wildman–Crippen LogP) is 6.07. The van der Waals surface area contributed by atoms with E-state index >= 15 is 4.79 Å². The Bertz CT molecular complexity index is 2010. The molecular formula is C39H31ClN2O6. The molecule has 4 aromatic rings. The molecule has 2 N–H and O–H groups in total. The number of fused-ring (bicyclic) bond motifs is 4. The summed E-state index contributed by atoms with van der Waals surface area (Å²) in [6.45, 7) is 0.292. The van der Waals surface area contributed by atoms with Gasteiger partial charge < -0.3 is 9.84 Å². The number of carbonyl (C=O) groups is 4. The lowest BCUT2D eigenvalue weighted by Gasteiger charge is -2.50. The van der Waals surface area contributed by atoms with Gasteiger partial charge in [-0.25, -0.2) is 4.90 Å². The van der Waals surface area contributed by atoms with Crippen molar-refractivity contribution in [1.82, 2.24) is 5.32 Å². The first-order valence-corrected chi connectivity index (χ1v) is 16.4. The van der Waals surface area contributed by atoms with Crippen LogP contribution in [0.5, 0.6) is 11.5 Å². The van der Waals surface area contributed by atoms with Crippen molar-refractivity contribution in [3.05, 3.63) is 136 Å². The number of amides is 4. The molecule has 2 heterocycles. The molecule has 4 amide bonds. The van der Waals surface area contributed by atoms with E-state index in [2.05, 4.69) is 5.32 Å². The molecule has 2 aliphatic heterocycles. The fraction of sp³-hybridized carbons (Fsp3) is 0.231. The van der Waals surface area contributed by atoms with Crippen molar-refractivity contribution in [3.8, 4) is 11.5 Å². The van der Waals surface area contributed by atoms with Gasteiger partial charge in [-0.3, -0.25) is 24.5 Å². The molecule has 2 aliphatic carbocycles. The Labute approximate surface area is 282 Å². The normalized spacial score (nSPS) is 27.6. The van der Waals surface area contributed by atoms with Crippen LogP contribution in [0.4, 0.5) is 5.69 Å². The molecule has 4 aromatic carbocycles. The number of hydrogen-bond acceptors (Lipinski definition) is 6. The maximum atomic E-state index is 15.2. The third-order valence-corrected chi connectivity index (χ3v) is 10.8. The number of halogens is 1. The average Bonchev–Trinajstić information content (AvgIpc) is 3.52. The fourth-order valence-electron chi connectivity index (χ4n) is 8.60. The second kappa shape index (κ2) is 11.5. The molecule has 240 valence electrons. The van der Waals surface area contributed by atoms with Gasteiger partial charge in [0.25, 0.3) is 0 Å². The van der Waals surface area contributed by atoms with Crippen molar-refractivity contribution in [2.75, 3.05) is 4.90 Å². The molecule has 0 bridgehead atoms. The number of nitrogens with one attached hydrogen (secondary N) is 1. The van der Waals surface area contributed by atoms with E-state index in [1.165, 1.54) is 11.0 Å². The highest BCUT2D eigenvalue weighted by Gasteiger charge is 2.70. The van der Waals surface area contributed by atoms with Crippen molar-refractivity contribution in [3.63, 3.8) is 0 Å². The smallest absolute Gasteiger partial charge is 0.246 e. The number of imide groups is 2. The summed E-state index contributed by atoms with van der Waals surface area (Å²) in [4.78, 5) is 57.3. The number of hydrogen-bond donors (Lipinski definition) is 2. The summed E-state index contributed by atoms with van der Waals surface area (Å²) in [7, 11) is 0. The van der Waals surface area contributed by atoms with Crippen molar-refractivity contribution < 1.29 is 29.0 Å². The lowest BCUT2D eigenvalue weighted by Crippen LogP contribution is -2.53. The first kappa shape index (κ1) is 30.1. The van der Waals surface area contributed by atoms with Crippen LogP contribution in [0.3, 0.4) is 0 Å². The largest absolute Gasteiger partial charge is 0.508 e. The Balaban J connectivity index is 1.32. The Kier molecular flexibility index (Phi) is 7.22. The number of carbonyl (C=O) groups excluding carboxylic acids is 4. The van der Waals surface area contributed by atoms with E-state index in [0.29, 0.717) is 40.6 Å². The molecule has 1 saturated carbocycles. The number of anilines is 1. The molecule has 6 unspecified atom stereocenters. The van der Waals surface area contributed by atoms with Crippen LogP contribution in [-0.2, 0) is 31.2 Å². The minimum atomic E-state index is -1.47. The van der Waals surface area contributed by atoms with E-state index < -0.39 is 46.8 Å². The van der Waals surface area contributed by atoms with Crippen molar-refractivity contribution >= 4 is 40.9 Å². The molecule has 48 heavy (non-hydrogen) atoms. The summed E-state index contributed by atoms with van der Waals surface area (Å²) in [5.41, 5.74) is 1.66. The van der Waals surface area contributed by atoms with E-state index in [1.807, 2.05) is 66.7 Å². The third-order valence-electron chi connectivity index (χ3n) is 10.6. The molecular weight excluding hydrogens is 628 g/mol. The number of rotatable bonds is 6. The fourth-order valence-corrected chi connectivity index (χ4v) is 8.78. The molecule has 4 aliphatic rings. The topological polar surface area (TPSA) is 113 Å². The SMILES string of the molecule is O=C1NC(=O)C2C1CC=C1C2CC2C(=O)N(c3cccc(Cl)c3)C(=O)C2(c2ccccc2)C1c1ccc(OCc2ccccc2)cc1O. The lowest BCUT2D eigenvalue weighted by atomic mass is 9.49. The number of ether oxygens (including phenoxy) is 1. The van der Waals surface area contributed by atoms with Gasteiger partial charge in [-0.05, 0) is 54.2 Å². The van der Waals surface area contributed by atoms with Gasteiger partial charge in [-0.15, -0.1) is 0 Å². The zero-order valence-electron chi connectivity index (χ0n) is 25.7. The number of nitrogens with zero attached hydrogens (tertiary/aromatic N) is 1. The highest BCUT2D eigenvalue weighted by molar-refractivity contribution is 6.32. The summed E-state index contributed by atoms with van der Waals surface area (Å²) in [6, 6.07) is 30.5. The van der Waals surface area contributed by atoms with E-state index in [4.69, 9.17) is 16.3 Å². The maximum absolute atomic E-state index is 15.2. The quantitative estimate of drug-likeness (QED) is 0.192. The Morgan fingerprint density at radius 2 is 1.60 bits per heavy atom. The first-order valence-electron chi connectivity index (χ1n) is 16.0. The van der Waals surface area contributed by atoms with Gasteiger partial charge >= 0.3 is 0 Å². The van der Waals surface area contributed by atoms with Crippen LogP contribution < -0.4 is 15.0 Å². The molecule has 0 spiro atoms. The van der Waals surface area contributed by atoms with Crippen molar-refractivity contribution in [1.29, 1.82) is 0 Å². The van der Waals surface area contributed by atoms with Crippen LogP contribution >= 0.6 is 11.6 Å². The van der Waals surface area contributed by atoms with Crippen LogP contribution in [0.25, 0.3) is 0 Å². The monoisotopic (exact) mass is 658 g/mol. The van der Waals surface area contributed by atoms with Gasteiger partial charge in [0.15, 0.2) is 0 Å². The van der Waals surface area contributed by atoms with Gasteiger partial charge in [-0.2, -0.15) is 0 Å². The molecule has 2 saturated heterocycles. The van der Waals surface area contributed by atoms with Crippen LogP contribution in [-0.4, -0.2) is 28.7 Å². The first-order chi connectivity index (χ1) is 23.3. The molecule has 6 atom stereocenters. The summed E-state index contributed by atoms with van der Waals surface area (Å²) < 4.78 is 6.02. The van der Waals surface area contributed by atoms with Gasteiger partial charge in [-0.1, -0.05) is 96.0 Å². The second-order valence-electron chi connectivity index (χ2n) is 12.9. The molecule has 3 fully saturated rings. The number of benzene rings is 4. The molecule has 9 heteroatoms. The highest BCUT2D eigenvalue weighted by atomic mass is 35.5. The van der Waals surface area contributed by atoms with Crippen LogP contribution in [0.1, 0.15) is 35.4 Å². The van der Waals surface area contributed by atoms with E-state index in [1.54, 1.807) is 36.4 Å². The van der Waals surface area contributed by atoms with Crippen molar-refractivity contribution in [2.24, 2.45) is 23.7 Å². The zero-order chi connectivity index (χ0) is 33.2.